The zero-order valence-corrected chi connectivity index (χ0v) is 18.4. The molecule has 180 valence electrons. The number of piperidine rings is 1. The van der Waals surface area contributed by atoms with E-state index in [2.05, 4.69) is 25.7 Å². The molecule has 1 aliphatic heterocycles. The van der Waals surface area contributed by atoms with Gasteiger partial charge in [-0.2, -0.15) is 18.2 Å². The minimum atomic E-state index is -4.42. The Kier molecular flexibility index (Phi) is 5.50. The van der Waals surface area contributed by atoms with E-state index in [1.54, 1.807) is 35.0 Å². The molecule has 5 rings (SSSR count). The summed E-state index contributed by atoms with van der Waals surface area (Å²) < 4.78 is 61.1. The summed E-state index contributed by atoms with van der Waals surface area (Å²) in [5.41, 5.74) is 2.42. The molecule has 2 atom stereocenters. The number of anilines is 1. The zero-order valence-electron chi connectivity index (χ0n) is 18.4. The Hall–Kier alpha value is -3.48. The van der Waals surface area contributed by atoms with Gasteiger partial charge < -0.3 is 15.0 Å². The van der Waals surface area contributed by atoms with Crippen molar-refractivity contribution in [1.82, 2.24) is 34.5 Å². The van der Waals surface area contributed by atoms with Crippen molar-refractivity contribution in [3.8, 4) is 17.0 Å². The first kappa shape index (κ1) is 22.3. The SMILES string of the molecule is COc1nc(N[C@H]2CCN(C)C[C@H]2F)nn2ccc(-c3ccc4nnn(CC(F)(F)F)c4c3)c12. The first-order valence-corrected chi connectivity index (χ1v) is 10.6. The molecule has 0 bridgehead atoms. The Morgan fingerprint density at radius 2 is 2.06 bits per heavy atom. The Morgan fingerprint density at radius 3 is 2.79 bits per heavy atom. The van der Waals surface area contributed by atoms with Gasteiger partial charge in [-0.15, -0.1) is 10.2 Å². The molecule has 0 radical (unpaired) electrons. The molecule has 1 fully saturated rings. The van der Waals surface area contributed by atoms with Gasteiger partial charge in [0.15, 0.2) is 0 Å². The molecule has 1 aromatic carbocycles. The van der Waals surface area contributed by atoms with Gasteiger partial charge in [0.2, 0.25) is 11.8 Å². The molecule has 9 nitrogen and oxygen atoms in total. The summed E-state index contributed by atoms with van der Waals surface area (Å²) in [7, 11) is 3.33. The lowest BCUT2D eigenvalue weighted by molar-refractivity contribution is -0.142. The van der Waals surface area contributed by atoms with E-state index in [-0.39, 0.29) is 17.3 Å². The standard InChI is InChI=1S/C21H22F4N8O/c1-31-7-6-15(14(22)10-31)26-20-27-19(34-2)18-13(5-8-32(18)29-20)12-3-4-16-17(9-12)33(30-28-16)11-21(23,24)25/h3-5,8-9,14-15H,6-7,10-11H2,1-2H3,(H,26,29)/t14-,15+/m1/s1. The van der Waals surface area contributed by atoms with Crippen molar-refractivity contribution >= 4 is 22.5 Å². The smallest absolute Gasteiger partial charge is 0.408 e. The van der Waals surface area contributed by atoms with E-state index in [9.17, 15) is 17.6 Å². The maximum atomic E-state index is 14.5. The van der Waals surface area contributed by atoms with Gasteiger partial charge in [-0.1, -0.05) is 11.3 Å². The van der Waals surface area contributed by atoms with E-state index in [4.69, 9.17) is 4.74 Å². The Morgan fingerprint density at radius 1 is 1.24 bits per heavy atom. The lowest BCUT2D eigenvalue weighted by atomic mass is 10.0. The van der Waals surface area contributed by atoms with Crippen LogP contribution in [0.1, 0.15) is 6.42 Å². The molecule has 1 N–H and O–H groups in total. The number of ether oxygens (including phenoxy) is 1. The monoisotopic (exact) mass is 478 g/mol. The van der Waals surface area contributed by atoms with Crippen LogP contribution in [-0.4, -0.2) is 80.1 Å². The zero-order chi connectivity index (χ0) is 24.0. The van der Waals surface area contributed by atoms with Gasteiger partial charge in [-0.3, -0.25) is 0 Å². The fraction of sp³-hybridized carbons (Fsp3) is 0.429. The van der Waals surface area contributed by atoms with Crippen molar-refractivity contribution in [2.45, 2.75) is 31.4 Å². The number of hydrogen-bond donors (Lipinski definition) is 1. The van der Waals surface area contributed by atoms with Gasteiger partial charge in [0.25, 0.3) is 0 Å². The van der Waals surface area contributed by atoms with Gasteiger partial charge >= 0.3 is 6.18 Å². The van der Waals surface area contributed by atoms with E-state index in [1.165, 1.54) is 7.11 Å². The first-order chi connectivity index (χ1) is 16.2. The van der Waals surface area contributed by atoms with Gasteiger partial charge in [0, 0.05) is 24.8 Å². The number of aromatic nitrogens is 6. The highest BCUT2D eigenvalue weighted by Crippen LogP contribution is 2.33. The van der Waals surface area contributed by atoms with Crippen molar-refractivity contribution in [2.75, 3.05) is 32.6 Å². The molecular weight excluding hydrogens is 456 g/mol. The second-order valence-corrected chi connectivity index (χ2v) is 8.35. The van der Waals surface area contributed by atoms with Crippen molar-refractivity contribution in [3.05, 3.63) is 30.5 Å². The Balaban J connectivity index is 1.51. The predicted molar refractivity (Wildman–Crippen MR) is 117 cm³/mol. The molecule has 34 heavy (non-hydrogen) atoms. The minimum Gasteiger partial charge on any atom is -0.479 e. The van der Waals surface area contributed by atoms with Crippen LogP contribution < -0.4 is 10.1 Å². The summed E-state index contributed by atoms with van der Waals surface area (Å²) in [6.07, 6.45) is -3.19. The maximum Gasteiger partial charge on any atom is 0.408 e. The molecule has 4 aromatic rings. The lowest BCUT2D eigenvalue weighted by Crippen LogP contribution is -2.46. The highest BCUT2D eigenvalue weighted by molar-refractivity contribution is 5.89. The van der Waals surface area contributed by atoms with Crippen LogP contribution in [0.4, 0.5) is 23.5 Å². The number of fused-ring (bicyclic) bond motifs is 2. The molecule has 0 spiro atoms. The number of methoxy groups -OCH3 is 1. The number of benzene rings is 1. The second-order valence-electron chi connectivity index (χ2n) is 8.35. The average molecular weight is 478 g/mol. The second kappa shape index (κ2) is 8.38. The molecule has 0 unspecified atom stereocenters. The maximum absolute atomic E-state index is 14.5. The molecule has 4 heterocycles. The molecule has 1 aliphatic rings. The van der Waals surface area contributed by atoms with Crippen molar-refractivity contribution in [2.24, 2.45) is 0 Å². The third kappa shape index (κ3) is 4.22. The largest absolute Gasteiger partial charge is 0.479 e. The third-order valence-electron chi connectivity index (χ3n) is 5.89. The Bertz CT molecular complexity index is 1330. The fourth-order valence-corrected chi connectivity index (χ4v) is 4.23. The summed E-state index contributed by atoms with van der Waals surface area (Å²) in [5.74, 6) is 0.481. The number of hydrogen-bond acceptors (Lipinski definition) is 7. The van der Waals surface area contributed by atoms with Gasteiger partial charge in [-0.25, -0.2) is 13.6 Å². The molecule has 13 heteroatoms. The van der Waals surface area contributed by atoms with Crippen molar-refractivity contribution in [3.63, 3.8) is 0 Å². The average Bonchev–Trinajstić information content (AvgIpc) is 3.38. The van der Waals surface area contributed by atoms with Crippen LogP contribution in [0, 0.1) is 0 Å². The summed E-state index contributed by atoms with van der Waals surface area (Å²) in [6, 6.07) is 6.29. The van der Waals surface area contributed by atoms with E-state index in [0.29, 0.717) is 35.1 Å². The lowest BCUT2D eigenvalue weighted by Gasteiger charge is -2.32. The Labute approximate surface area is 191 Å². The number of rotatable bonds is 5. The fourth-order valence-electron chi connectivity index (χ4n) is 4.23. The van der Waals surface area contributed by atoms with Crippen LogP contribution in [0.3, 0.4) is 0 Å². The van der Waals surface area contributed by atoms with Crippen LogP contribution in [-0.2, 0) is 6.54 Å². The van der Waals surface area contributed by atoms with Gasteiger partial charge in [0.05, 0.1) is 18.7 Å². The summed E-state index contributed by atoms with van der Waals surface area (Å²) in [5, 5.41) is 15.0. The molecule has 0 amide bonds. The van der Waals surface area contributed by atoms with Crippen molar-refractivity contribution < 1.29 is 22.3 Å². The highest BCUT2D eigenvalue weighted by atomic mass is 19.4. The predicted octanol–water partition coefficient (Wildman–Crippen LogP) is 3.17. The number of nitrogens with zero attached hydrogens (tertiary/aromatic N) is 7. The van der Waals surface area contributed by atoms with Crippen LogP contribution >= 0.6 is 0 Å². The van der Waals surface area contributed by atoms with Crippen LogP contribution in [0.25, 0.3) is 27.7 Å². The number of halogens is 4. The van der Waals surface area contributed by atoms with E-state index in [0.717, 1.165) is 11.2 Å². The summed E-state index contributed by atoms with van der Waals surface area (Å²) >= 11 is 0. The third-order valence-corrected chi connectivity index (χ3v) is 5.89. The molecular formula is C21H22F4N8O. The van der Waals surface area contributed by atoms with Gasteiger partial charge in [0.1, 0.15) is 23.7 Å². The van der Waals surface area contributed by atoms with Crippen molar-refractivity contribution in [1.29, 1.82) is 0 Å². The van der Waals surface area contributed by atoms with Crippen LogP contribution in [0.2, 0.25) is 0 Å². The molecule has 3 aromatic heterocycles. The van der Waals surface area contributed by atoms with Gasteiger partial charge in [-0.05, 0) is 37.2 Å². The quantitative estimate of drug-likeness (QED) is 0.441. The summed E-state index contributed by atoms with van der Waals surface area (Å²) in [4.78, 5) is 6.35. The normalized spacial score (nSPS) is 19.7. The highest BCUT2D eigenvalue weighted by Gasteiger charge is 2.30. The summed E-state index contributed by atoms with van der Waals surface area (Å²) in [6.45, 7) is -0.155. The minimum absolute atomic E-state index is 0.228. The number of alkyl halides is 4. The molecule has 0 aliphatic carbocycles. The van der Waals surface area contributed by atoms with E-state index in [1.807, 2.05) is 11.9 Å². The van der Waals surface area contributed by atoms with E-state index >= 15 is 0 Å². The molecule has 1 saturated heterocycles. The first-order valence-electron chi connectivity index (χ1n) is 10.6. The van der Waals surface area contributed by atoms with Crippen LogP contribution in [0.15, 0.2) is 30.5 Å². The topological polar surface area (TPSA) is 85.4 Å². The number of likely N-dealkylation sites (tertiary alicyclic amines) is 1. The van der Waals surface area contributed by atoms with Crippen LogP contribution in [0.5, 0.6) is 5.88 Å². The number of nitrogens with one attached hydrogen (secondary N) is 1. The molecule has 0 saturated carbocycles. The van der Waals surface area contributed by atoms with E-state index < -0.39 is 24.9 Å².